The van der Waals surface area contributed by atoms with E-state index in [1.54, 1.807) is 12.1 Å². The molecular formula is C23H26F3N. The highest BCUT2D eigenvalue weighted by atomic mass is 19.2. The fraction of sp³-hybridized carbons (Fsp3) is 0.522. The Labute approximate surface area is 159 Å². The average Bonchev–Trinajstić information content (AvgIpc) is 2.70. The molecule has 4 heteroatoms. The van der Waals surface area contributed by atoms with Gasteiger partial charge in [-0.25, -0.2) is 8.78 Å². The molecule has 0 bridgehead atoms. The molecule has 2 aliphatic rings. The predicted octanol–water partition coefficient (Wildman–Crippen LogP) is 6.98. The van der Waals surface area contributed by atoms with Crippen LogP contribution in [-0.2, 0) is 0 Å². The number of halogens is 3. The summed E-state index contributed by atoms with van der Waals surface area (Å²) >= 11 is 0. The van der Waals surface area contributed by atoms with Crippen molar-refractivity contribution in [1.29, 1.82) is 5.26 Å². The van der Waals surface area contributed by atoms with Gasteiger partial charge in [-0.3, -0.25) is 0 Å². The van der Waals surface area contributed by atoms with E-state index in [4.69, 9.17) is 5.26 Å². The van der Waals surface area contributed by atoms with Crippen LogP contribution in [0.25, 0.3) is 0 Å². The number of hydrogen-bond acceptors (Lipinski definition) is 1. The summed E-state index contributed by atoms with van der Waals surface area (Å²) in [6.07, 6.45) is 14.2. The Bertz CT molecular complexity index is 730. The number of hydrogen-bond donors (Lipinski definition) is 0. The largest absolute Gasteiger partial charge is 0.204 e. The van der Waals surface area contributed by atoms with Crippen molar-refractivity contribution in [2.24, 2.45) is 17.8 Å². The van der Waals surface area contributed by atoms with Crippen LogP contribution >= 0.6 is 0 Å². The second-order valence-corrected chi connectivity index (χ2v) is 7.97. The van der Waals surface area contributed by atoms with E-state index >= 15 is 0 Å². The topological polar surface area (TPSA) is 23.8 Å². The maximum Gasteiger partial charge on any atom is 0.196 e. The molecule has 0 amide bonds. The Morgan fingerprint density at radius 3 is 1.96 bits per heavy atom. The minimum atomic E-state index is -0.782. The molecule has 0 atom stereocenters. The lowest BCUT2D eigenvalue weighted by atomic mass is 9.77. The van der Waals surface area contributed by atoms with Crippen LogP contribution < -0.4 is 0 Å². The average molecular weight is 373 g/mol. The quantitative estimate of drug-likeness (QED) is 0.413. The summed E-state index contributed by atoms with van der Waals surface area (Å²) in [5, 5.41) is 8.52. The van der Waals surface area contributed by atoms with E-state index in [0.717, 1.165) is 56.9 Å². The van der Waals surface area contributed by atoms with Crippen molar-refractivity contribution in [2.45, 2.75) is 57.3 Å². The minimum absolute atomic E-state index is 0.195. The molecule has 0 unspecified atom stereocenters. The summed E-state index contributed by atoms with van der Waals surface area (Å²) in [6.45, 7) is 0. The molecule has 0 heterocycles. The van der Waals surface area contributed by atoms with Gasteiger partial charge in [-0.05, 0) is 98.8 Å². The minimum Gasteiger partial charge on any atom is -0.204 e. The standard InChI is InChI=1S/C23H26F3N/c24-21(15-27)13-18-5-3-16(4-6-18)1-2-17-7-9-19(10-8-17)20-11-12-22(25)23(26)14-20/h1-2,11-14,16-19H,3-10H2. The van der Waals surface area contributed by atoms with Crippen LogP contribution in [-0.4, -0.2) is 0 Å². The number of allylic oxidation sites excluding steroid dienone is 4. The Morgan fingerprint density at radius 1 is 0.852 bits per heavy atom. The molecule has 0 N–H and O–H groups in total. The first-order chi connectivity index (χ1) is 13.0. The molecular weight excluding hydrogens is 347 g/mol. The Morgan fingerprint density at radius 2 is 1.41 bits per heavy atom. The highest BCUT2D eigenvalue weighted by Gasteiger charge is 2.23. The van der Waals surface area contributed by atoms with Gasteiger partial charge in [-0.1, -0.05) is 18.2 Å². The molecule has 1 aromatic carbocycles. The summed E-state index contributed by atoms with van der Waals surface area (Å²) in [6, 6.07) is 5.84. The molecule has 2 fully saturated rings. The number of benzene rings is 1. The number of nitrogens with zero attached hydrogens (tertiary/aromatic N) is 1. The fourth-order valence-electron chi connectivity index (χ4n) is 4.47. The van der Waals surface area contributed by atoms with E-state index in [-0.39, 0.29) is 5.92 Å². The summed E-state index contributed by atoms with van der Waals surface area (Å²) < 4.78 is 39.6. The first-order valence-corrected chi connectivity index (χ1v) is 9.96. The third-order valence-corrected chi connectivity index (χ3v) is 6.15. The lowest BCUT2D eigenvalue weighted by molar-refractivity contribution is 0.346. The SMILES string of the molecule is N#CC(F)=CC1CCC(C=CC2CCC(c3ccc(F)c(F)c3)CC2)CC1. The van der Waals surface area contributed by atoms with Gasteiger partial charge in [0.2, 0.25) is 0 Å². The second kappa shape index (κ2) is 9.26. The highest BCUT2D eigenvalue weighted by molar-refractivity contribution is 5.22. The Hall–Kier alpha value is -2.02. The van der Waals surface area contributed by atoms with Gasteiger partial charge in [0.15, 0.2) is 17.5 Å². The van der Waals surface area contributed by atoms with Gasteiger partial charge in [0.05, 0.1) is 0 Å². The van der Waals surface area contributed by atoms with Crippen molar-refractivity contribution < 1.29 is 13.2 Å². The van der Waals surface area contributed by atoms with Crippen LogP contribution in [0.15, 0.2) is 42.3 Å². The summed E-state index contributed by atoms with van der Waals surface area (Å²) in [5.74, 6) is -0.580. The normalized spacial score (nSPS) is 29.6. The molecule has 0 aromatic heterocycles. The van der Waals surface area contributed by atoms with Crippen LogP contribution in [0.5, 0.6) is 0 Å². The van der Waals surface area contributed by atoms with E-state index in [1.807, 2.05) is 0 Å². The van der Waals surface area contributed by atoms with Crippen LogP contribution in [0.3, 0.4) is 0 Å². The molecule has 2 aliphatic carbocycles. The summed E-state index contributed by atoms with van der Waals surface area (Å²) in [4.78, 5) is 0. The molecule has 1 nitrogen and oxygen atoms in total. The lowest BCUT2D eigenvalue weighted by Gasteiger charge is -2.28. The van der Waals surface area contributed by atoms with Gasteiger partial charge in [-0.15, -0.1) is 0 Å². The third kappa shape index (κ3) is 5.48. The molecule has 0 saturated heterocycles. The second-order valence-electron chi connectivity index (χ2n) is 7.97. The zero-order chi connectivity index (χ0) is 19.2. The van der Waals surface area contributed by atoms with E-state index in [2.05, 4.69) is 12.2 Å². The van der Waals surface area contributed by atoms with Crippen molar-refractivity contribution in [3.8, 4) is 6.07 Å². The van der Waals surface area contributed by atoms with Gasteiger partial charge >= 0.3 is 0 Å². The Kier molecular flexibility index (Phi) is 6.77. The predicted molar refractivity (Wildman–Crippen MR) is 100 cm³/mol. The zero-order valence-corrected chi connectivity index (χ0v) is 15.5. The highest BCUT2D eigenvalue weighted by Crippen LogP contribution is 2.37. The smallest absolute Gasteiger partial charge is 0.196 e. The van der Waals surface area contributed by atoms with Gasteiger partial charge in [0, 0.05) is 0 Å². The first-order valence-electron chi connectivity index (χ1n) is 9.96. The molecule has 2 saturated carbocycles. The van der Waals surface area contributed by atoms with Crippen molar-refractivity contribution in [3.63, 3.8) is 0 Å². The van der Waals surface area contributed by atoms with E-state index in [1.165, 1.54) is 18.2 Å². The van der Waals surface area contributed by atoms with Gasteiger partial charge in [0.1, 0.15) is 6.07 Å². The maximum absolute atomic E-state index is 13.4. The third-order valence-electron chi connectivity index (χ3n) is 6.15. The van der Waals surface area contributed by atoms with Crippen molar-refractivity contribution in [2.75, 3.05) is 0 Å². The van der Waals surface area contributed by atoms with E-state index in [9.17, 15) is 13.2 Å². The van der Waals surface area contributed by atoms with E-state index < -0.39 is 17.5 Å². The van der Waals surface area contributed by atoms with Gasteiger partial charge in [-0.2, -0.15) is 9.65 Å². The zero-order valence-electron chi connectivity index (χ0n) is 15.5. The summed E-state index contributed by atoms with van der Waals surface area (Å²) in [7, 11) is 0. The van der Waals surface area contributed by atoms with Crippen LogP contribution in [0.2, 0.25) is 0 Å². The van der Waals surface area contributed by atoms with E-state index in [0.29, 0.717) is 17.8 Å². The Balaban J connectivity index is 1.44. The maximum atomic E-state index is 13.4. The molecule has 1 aromatic rings. The van der Waals surface area contributed by atoms with Crippen LogP contribution in [0.4, 0.5) is 13.2 Å². The van der Waals surface area contributed by atoms with Gasteiger partial charge in [0.25, 0.3) is 0 Å². The van der Waals surface area contributed by atoms with Crippen LogP contribution in [0.1, 0.15) is 62.8 Å². The molecule has 3 rings (SSSR count). The van der Waals surface area contributed by atoms with Gasteiger partial charge < -0.3 is 0 Å². The number of nitriles is 1. The molecule has 0 spiro atoms. The molecule has 0 radical (unpaired) electrons. The first kappa shape index (κ1) is 19.7. The number of rotatable bonds is 4. The fourth-order valence-corrected chi connectivity index (χ4v) is 4.47. The molecule has 0 aliphatic heterocycles. The summed E-state index contributed by atoms with van der Waals surface area (Å²) in [5.41, 5.74) is 0.910. The molecule has 144 valence electrons. The lowest BCUT2D eigenvalue weighted by Crippen LogP contribution is -2.14. The van der Waals surface area contributed by atoms with Crippen molar-refractivity contribution in [1.82, 2.24) is 0 Å². The molecule has 27 heavy (non-hydrogen) atoms. The van der Waals surface area contributed by atoms with Crippen molar-refractivity contribution >= 4 is 0 Å². The van der Waals surface area contributed by atoms with Crippen LogP contribution in [0, 0.1) is 40.7 Å². The monoisotopic (exact) mass is 373 g/mol. The van der Waals surface area contributed by atoms with Crippen molar-refractivity contribution in [3.05, 3.63) is 59.5 Å².